The van der Waals surface area contributed by atoms with Crippen molar-refractivity contribution in [2.24, 2.45) is 0 Å². The molecule has 0 atom stereocenters. The minimum Gasteiger partial charge on any atom is -0.332 e. The smallest absolute Gasteiger partial charge is 0.261 e. The van der Waals surface area contributed by atoms with Crippen LogP contribution in [0.4, 0.5) is 11.4 Å². The molecular formula is C27H25N3O3S2. The number of hydrogen-bond donors (Lipinski definition) is 3. The molecule has 0 aromatic heterocycles. The second-order valence-corrected chi connectivity index (χ2v) is 10.4. The third-order valence-corrected chi connectivity index (χ3v) is 7.12. The van der Waals surface area contributed by atoms with Crippen molar-refractivity contribution in [2.75, 3.05) is 10.0 Å². The van der Waals surface area contributed by atoms with Crippen LogP contribution >= 0.6 is 12.2 Å². The van der Waals surface area contributed by atoms with Crippen molar-refractivity contribution >= 4 is 55.4 Å². The van der Waals surface area contributed by atoms with Crippen molar-refractivity contribution in [2.45, 2.75) is 25.2 Å². The third kappa shape index (κ3) is 6.03. The third-order valence-electron chi connectivity index (χ3n) is 5.53. The number of anilines is 2. The van der Waals surface area contributed by atoms with Crippen molar-refractivity contribution < 1.29 is 13.2 Å². The fourth-order valence-electron chi connectivity index (χ4n) is 3.80. The average Bonchev–Trinajstić information content (AvgIpc) is 2.81. The van der Waals surface area contributed by atoms with Gasteiger partial charge in [0.25, 0.3) is 10.0 Å². The van der Waals surface area contributed by atoms with Gasteiger partial charge in [-0.2, -0.15) is 0 Å². The molecule has 0 unspecified atom stereocenters. The van der Waals surface area contributed by atoms with Gasteiger partial charge in [0.05, 0.1) is 17.0 Å². The Morgan fingerprint density at radius 3 is 2.34 bits per heavy atom. The average molecular weight is 504 g/mol. The second-order valence-electron chi connectivity index (χ2n) is 8.27. The molecular weight excluding hydrogens is 478 g/mol. The van der Waals surface area contributed by atoms with Crippen LogP contribution in [0.3, 0.4) is 0 Å². The summed E-state index contributed by atoms with van der Waals surface area (Å²) in [7, 11) is -3.75. The Hall–Kier alpha value is -3.75. The largest absolute Gasteiger partial charge is 0.332 e. The zero-order valence-corrected chi connectivity index (χ0v) is 21.0. The highest BCUT2D eigenvalue weighted by molar-refractivity contribution is 7.92. The van der Waals surface area contributed by atoms with Crippen LogP contribution in [0.15, 0.2) is 89.8 Å². The molecule has 0 heterocycles. The molecule has 4 aromatic rings. The minimum absolute atomic E-state index is 0.119. The Morgan fingerprint density at radius 2 is 1.60 bits per heavy atom. The first-order valence-electron chi connectivity index (χ1n) is 11.0. The highest BCUT2D eigenvalue weighted by Gasteiger charge is 2.16. The number of aryl methyl sites for hydroxylation is 2. The number of amides is 1. The summed E-state index contributed by atoms with van der Waals surface area (Å²) in [6.07, 6.45) is 0.185. The van der Waals surface area contributed by atoms with Crippen LogP contribution in [0, 0.1) is 13.8 Å². The van der Waals surface area contributed by atoms with E-state index in [2.05, 4.69) is 15.4 Å². The Balaban J connectivity index is 1.37. The summed E-state index contributed by atoms with van der Waals surface area (Å²) in [5.74, 6) is -0.240. The van der Waals surface area contributed by atoms with Gasteiger partial charge in [-0.05, 0) is 78.3 Å². The van der Waals surface area contributed by atoms with Gasteiger partial charge < -0.3 is 10.6 Å². The van der Waals surface area contributed by atoms with Crippen LogP contribution in [-0.4, -0.2) is 19.4 Å². The quantitative estimate of drug-likeness (QED) is 0.310. The van der Waals surface area contributed by atoms with E-state index in [9.17, 15) is 13.2 Å². The predicted octanol–water partition coefficient (Wildman–Crippen LogP) is 5.31. The molecule has 0 aliphatic heterocycles. The van der Waals surface area contributed by atoms with E-state index >= 15 is 0 Å². The molecule has 0 fully saturated rings. The van der Waals surface area contributed by atoms with Gasteiger partial charge in [-0.15, -0.1) is 0 Å². The van der Waals surface area contributed by atoms with Crippen LogP contribution < -0.4 is 15.4 Å². The predicted molar refractivity (Wildman–Crippen MR) is 145 cm³/mol. The topological polar surface area (TPSA) is 87.3 Å². The lowest BCUT2D eigenvalue weighted by Gasteiger charge is -2.13. The van der Waals surface area contributed by atoms with E-state index in [0.717, 1.165) is 27.5 Å². The maximum absolute atomic E-state index is 12.8. The van der Waals surface area contributed by atoms with Crippen LogP contribution in [0.1, 0.15) is 16.7 Å². The van der Waals surface area contributed by atoms with Gasteiger partial charge in [-0.25, -0.2) is 8.42 Å². The molecule has 4 aromatic carbocycles. The Bertz CT molecular complexity index is 1510. The highest BCUT2D eigenvalue weighted by atomic mass is 32.2. The van der Waals surface area contributed by atoms with Crippen molar-refractivity contribution in [1.82, 2.24) is 5.32 Å². The molecule has 4 rings (SSSR count). The molecule has 3 N–H and O–H groups in total. The van der Waals surface area contributed by atoms with Gasteiger partial charge in [-0.1, -0.05) is 60.2 Å². The summed E-state index contributed by atoms with van der Waals surface area (Å²) in [4.78, 5) is 12.7. The molecule has 0 aliphatic carbocycles. The van der Waals surface area contributed by atoms with E-state index in [-0.39, 0.29) is 22.3 Å². The molecule has 8 heteroatoms. The van der Waals surface area contributed by atoms with Crippen molar-refractivity contribution in [3.8, 4) is 0 Å². The normalized spacial score (nSPS) is 11.1. The Morgan fingerprint density at radius 1 is 0.886 bits per heavy atom. The van der Waals surface area contributed by atoms with Crippen LogP contribution in [0.25, 0.3) is 10.8 Å². The minimum atomic E-state index is -3.75. The van der Waals surface area contributed by atoms with Gasteiger partial charge in [-0.3, -0.25) is 9.52 Å². The maximum atomic E-state index is 12.8. The van der Waals surface area contributed by atoms with Crippen LogP contribution in [-0.2, 0) is 21.2 Å². The van der Waals surface area contributed by atoms with Crippen molar-refractivity contribution in [1.29, 1.82) is 0 Å². The van der Waals surface area contributed by atoms with Crippen molar-refractivity contribution in [3.05, 3.63) is 102 Å². The molecule has 35 heavy (non-hydrogen) atoms. The molecule has 0 aliphatic rings. The number of fused-ring (bicyclic) bond motifs is 1. The van der Waals surface area contributed by atoms with E-state index in [0.29, 0.717) is 11.4 Å². The zero-order chi connectivity index (χ0) is 25.0. The van der Waals surface area contributed by atoms with Gasteiger partial charge in [0.1, 0.15) is 0 Å². The number of rotatable bonds is 6. The van der Waals surface area contributed by atoms with E-state index in [4.69, 9.17) is 12.2 Å². The number of hydrogen-bond acceptors (Lipinski definition) is 4. The van der Waals surface area contributed by atoms with E-state index in [1.165, 1.54) is 12.1 Å². The number of nitrogens with one attached hydrogen (secondary N) is 3. The molecule has 178 valence electrons. The number of carbonyl (C=O) groups excluding carboxylic acids is 1. The van der Waals surface area contributed by atoms with Gasteiger partial charge in [0.2, 0.25) is 5.91 Å². The first-order chi connectivity index (χ1) is 16.7. The maximum Gasteiger partial charge on any atom is 0.261 e. The van der Waals surface area contributed by atoms with Crippen molar-refractivity contribution in [3.63, 3.8) is 0 Å². The second kappa shape index (κ2) is 10.2. The van der Waals surface area contributed by atoms with Gasteiger partial charge in [0.15, 0.2) is 5.11 Å². The molecule has 0 spiro atoms. The number of sulfonamides is 1. The number of thiocarbonyl (C=S) groups is 1. The van der Waals surface area contributed by atoms with Gasteiger partial charge in [0, 0.05) is 5.69 Å². The fourth-order valence-corrected chi connectivity index (χ4v) is 5.16. The van der Waals surface area contributed by atoms with E-state index < -0.39 is 10.0 Å². The standard InChI is InChI=1S/C27H25N3O3S2/c1-18-10-15-25(19(2)16-18)30-35(32,33)23-13-11-22(12-14-23)28-27(34)29-26(31)17-21-8-5-7-20-6-3-4-9-24(20)21/h3-16,30H,17H2,1-2H3,(H2,28,29,31,34). The summed E-state index contributed by atoms with van der Waals surface area (Å²) in [6.45, 7) is 3.81. The lowest BCUT2D eigenvalue weighted by Crippen LogP contribution is -2.35. The highest BCUT2D eigenvalue weighted by Crippen LogP contribution is 2.22. The molecule has 6 nitrogen and oxygen atoms in total. The molecule has 1 amide bonds. The molecule has 0 bridgehead atoms. The Kier molecular flexibility index (Phi) is 7.14. The lowest BCUT2D eigenvalue weighted by molar-refractivity contribution is -0.119. The SMILES string of the molecule is Cc1ccc(NS(=O)(=O)c2ccc(NC(=S)NC(=O)Cc3cccc4ccccc34)cc2)c(C)c1. The van der Waals surface area contributed by atoms with Gasteiger partial charge >= 0.3 is 0 Å². The Labute approximate surface area is 210 Å². The number of benzene rings is 4. The van der Waals surface area contributed by atoms with E-state index in [1.54, 1.807) is 18.2 Å². The summed E-state index contributed by atoms with van der Waals surface area (Å²) >= 11 is 5.27. The molecule has 0 saturated heterocycles. The summed E-state index contributed by atoms with van der Waals surface area (Å²) in [5.41, 5.74) is 3.91. The summed E-state index contributed by atoms with van der Waals surface area (Å²) < 4.78 is 28.2. The molecule has 0 radical (unpaired) electrons. The first kappa shape index (κ1) is 24.4. The van der Waals surface area contributed by atoms with E-state index in [1.807, 2.05) is 68.4 Å². The fraction of sp³-hybridized carbons (Fsp3) is 0.111. The number of carbonyl (C=O) groups is 1. The summed E-state index contributed by atoms with van der Waals surface area (Å²) in [5, 5.41) is 7.84. The molecule has 0 saturated carbocycles. The monoisotopic (exact) mass is 503 g/mol. The lowest BCUT2D eigenvalue weighted by atomic mass is 10.0. The summed E-state index contributed by atoms with van der Waals surface area (Å²) in [6, 6.07) is 25.4. The first-order valence-corrected chi connectivity index (χ1v) is 12.9. The van der Waals surface area contributed by atoms with Crippen LogP contribution in [0.5, 0.6) is 0 Å². The van der Waals surface area contributed by atoms with Crippen LogP contribution in [0.2, 0.25) is 0 Å². The zero-order valence-electron chi connectivity index (χ0n) is 19.3.